The number of rotatable bonds is 6. The average molecular weight is 361 g/mol. The molecule has 0 aliphatic carbocycles. The van der Waals surface area contributed by atoms with Gasteiger partial charge in [0.25, 0.3) is 0 Å². The van der Waals surface area contributed by atoms with Gasteiger partial charge in [-0.3, -0.25) is 0 Å². The van der Waals surface area contributed by atoms with E-state index in [0.29, 0.717) is 5.69 Å². The molecule has 0 heterocycles. The van der Waals surface area contributed by atoms with Crippen LogP contribution in [0.3, 0.4) is 0 Å². The quantitative estimate of drug-likeness (QED) is 0.624. The maximum Gasteiger partial charge on any atom is 0.339 e. The summed E-state index contributed by atoms with van der Waals surface area (Å²) in [7, 11) is 0. The van der Waals surface area contributed by atoms with Crippen LogP contribution < -0.4 is 4.90 Å². The highest BCUT2D eigenvalue weighted by atomic mass is 16.5. The second-order valence-corrected chi connectivity index (χ2v) is 5.76. The molecule has 27 heavy (non-hydrogen) atoms. The molecule has 0 fully saturated rings. The lowest BCUT2D eigenvalue weighted by Gasteiger charge is -2.26. The Kier molecular flexibility index (Phi) is 5.52. The maximum absolute atomic E-state index is 12.3. The van der Waals surface area contributed by atoms with Gasteiger partial charge in [0.1, 0.15) is 0 Å². The monoisotopic (exact) mass is 361 g/mol. The van der Waals surface area contributed by atoms with E-state index in [9.17, 15) is 14.7 Å². The van der Waals surface area contributed by atoms with E-state index in [2.05, 4.69) is 0 Å². The van der Waals surface area contributed by atoms with Crippen molar-refractivity contribution in [2.24, 2.45) is 0 Å². The van der Waals surface area contributed by atoms with Gasteiger partial charge in [0.15, 0.2) is 0 Å². The van der Waals surface area contributed by atoms with Crippen LogP contribution in [0.4, 0.5) is 17.1 Å². The van der Waals surface area contributed by atoms with Crippen molar-refractivity contribution in [1.82, 2.24) is 0 Å². The molecule has 0 aliphatic rings. The second kappa shape index (κ2) is 8.19. The molecule has 0 spiro atoms. The van der Waals surface area contributed by atoms with Gasteiger partial charge in [-0.05, 0) is 49.4 Å². The molecule has 0 radical (unpaired) electrons. The third-order valence-electron chi connectivity index (χ3n) is 4.02. The lowest BCUT2D eigenvalue weighted by molar-refractivity contribution is 0.0514. The molecule has 0 amide bonds. The standard InChI is InChI=1S/C22H19NO4/c1-2-27-22(26)20-15-18(13-14-19(20)21(24)25)23(16-9-5-3-6-10-16)17-11-7-4-8-12-17/h3-15H,2H2,1H3,(H,24,25). The Bertz CT molecular complexity index is 900. The Hall–Kier alpha value is -3.60. The van der Waals surface area contributed by atoms with E-state index < -0.39 is 11.9 Å². The van der Waals surface area contributed by atoms with Crippen LogP contribution in [-0.4, -0.2) is 23.7 Å². The molecule has 3 rings (SSSR count). The highest BCUT2D eigenvalue weighted by molar-refractivity contribution is 6.03. The summed E-state index contributed by atoms with van der Waals surface area (Å²) in [4.78, 5) is 25.8. The smallest absolute Gasteiger partial charge is 0.339 e. The second-order valence-electron chi connectivity index (χ2n) is 5.76. The number of para-hydroxylation sites is 2. The molecule has 0 unspecified atom stereocenters. The summed E-state index contributed by atoms with van der Waals surface area (Å²) in [5.41, 5.74) is 2.39. The van der Waals surface area contributed by atoms with Crippen molar-refractivity contribution >= 4 is 29.0 Å². The van der Waals surface area contributed by atoms with Crippen LogP contribution in [0.5, 0.6) is 0 Å². The van der Waals surface area contributed by atoms with E-state index in [0.717, 1.165) is 11.4 Å². The van der Waals surface area contributed by atoms with E-state index in [1.54, 1.807) is 19.1 Å². The third-order valence-corrected chi connectivity index (χ3v) is 4.02. The minimum atomic E-state index is -1.17. The summed E-state index contributed by atoms with van der Waals surface area (Å²) in [5.74, 6) is -1.83. The van der Waals surface area contributed by atoms with E-state index in [1.807, 2.05) is 65.6 Å². The van der Waals surface area contributed by atoms with Gasteiger partial charge in [-0.15, -0.1) is 0 Å². The van der Waals surface area contributed by atoms with Crippen LogP contribution in [0, 0.1) is 0 Å². The van der Waals surface area contributed by atoms with Gasteiger partial charge in [0.05, 0.1) is 17.7 Å². The van der Waals surface area contributed by atoms with Crippen LogP contribution >= 0.6 is 0 Å². The molecule has 3 aromatic carbocycles. The van der Waals surface area contributed by atoms with Crippen molar-refractivity contribution in [2.75, 3.05) is 11.5 Å². The zero-order chi connectivity index (χ0) is 19.2. The Balaban J connectivity index is 2.17. The minimum absolute atomic E-state index is 0.0266. The number of nitrogens with zero attached hydrogens (tertiary/aromatic N) is 1. The van der Waals surface area contributed by atoms with Crippen molar-refractivity contribution in [3.05, 3.63) is 90.0 Å². The van der Waals surface area contributed by atoms with Crippen LogP contribution in [0.2, 0.25) is 0 Å². The van der Waals surface area contributed by atoms with Crippen molar-refractivity contribution in [3.8, 4) is 0 Å². The minimum Gasteiger partial charge on any atom is -0.478 e. The van der Waals surface area contributed by atoms with Gasteiger partial charge in [0.2, 0.25) is 0 Å². The first-order valence-corrected chi connectivity index (χ1v) is 8.56. The van der Waals surface area contributed by atoms with Crippen molar-refractivity contribution in [1.29, 1.82) is 0 Å². The fourth-order valence-corrected chi connectivity index (χ4v) is 2.84. The van der Waals surface area contributed by atoms with Gasteiger partial charge in [-0.25, -0.2) is 9.59 Å². The Morgan fingerprint density at radius 3 is 1.85 bits per heavy atom. The first-order valence-electron chi connectivity index (χ1n) is 8.56. The third kappa shape index (κ3) is 3.98. The molecule has 0 saturated heterocycles. The fourth-order valence-electron chi connectivity index (χ4n) is 2.84. The highest BCUT2D eigenvalue weighted by Crippen LogP contribution is 2.35. The molecule has 0 aromatic heterocycles. The van der Waals surface area contributed by atoms with Gasteiger partial charge in [0, 0.05) is 17.1 Å². The van der Waals surface area contributed by atoms with Crippen LogP contribution in [0.1, 0.15) is 27.6 Å². The SMILES string of the molecule is CCOC(=O)c1cc(N(c2ccccc2)c2ccccc2)ccc1C(=O)O. The summed E-state index contributed by atoms with van der Waals surface area (Å²) in [6.45, 7) is 1.85. The topological polar surface area (TPSA) is 66.8 Å². The molecule has 0 atom stereocenters. The maximum atomic E-state index is 12.3. The summed E-state index contributed by atoms with van der Waals surface area (Å²) >= 11 is 0. The Morgan fingerprint density at radius 2 is 1.37 bits per heavy atom. The number of ether oxygens (including phenoxy) is 1. The molecule has 5 heteroatoms. The lowest BCUT2D eigenvalue weighted by Crippen LogP contribution is -2.15. The average Bonchev–Trinajstić information content (AvgIpc) is 2.70. The summed E-state index contributed by atoms with van der Waals surface area (Å²) in [6.07, 6.45) is 0. The van der Waals surface area contributed by atoms with E-state index >= 15 is 0 Å². The fraction of sp³-hybridized carbons (Fsp3) is 0.0909. The van der Waals surface area contributed by atoms with Gasteiger partial charge < -0.3 is 14.7 Å². The predicted molar refractivity (Wildman–Crippen MR) is 104 cm³/mol. The largest absolute Gasteiger partial charge is 0.478 e. The number of carbonyl (C=O) groups excluding carboxylic acids is 1. The molecule has 0 bridgehead atoms. The number of hydrogen-bond acceptors (Lipinski definition) is 4. The molecule has 1 N–H and O–H groups in total. The van der Waals surface area contributed by atoms with Gasteiger partial charge in [-0.1, -0.05) is 36.4 Å². The van der Waals surface area contributed by atoms with Crippen LogP contribution in [0.25, 0.3) is 0 Å². The first kappa shape index (κ1) is 18.2. The Morgan fingerprint density at radius 1 is 0.815 bits per heavy atom. The molecular weight excluding hydrogens is 342 g/mol. The van der Waals surface area contributed by atoms with Crippen molar-refractivity contribution in [2.45, 2.75) is 6.92 Å². The van der Waals surface area contributed by atoms with Crippen molar-refractivity contribution < 1.29 is 19.4 Å². The number of hydrogen-bond donors (Lipinski definition) is 1. The number of benzene rings is 3. The van der Waals surface area contributed by atoms with Crippen LogP contribution in [-0.2, 0) is 4.74 Å². The van der Waals surface area contributed by atoms with Gasteiger partial charge >= 0.3 is 11.9 Å². The summed E-state index contributed by atoms with van der Waals surface area (Å²) < 4.78 is 5.04. The Labute approximate surface area is 157 Å². The molecule has 136 valence electrons. The molecule has 5 nitrogen and oxygen atoms in total. The number of carbonyl (C=O) groups is 2. The number of carboxylic acids is 1. The van der Waals surface area contributed by atoms with Crippen molar-refractivity contribution in [3.63, 3.8) is 0 Å². The van der Waals surface area contributed by atoms with E-state index in [4.69, 9.17) is 4.74 Å². The number of carboxylic acid groups (broad SMARTS) is 1. The molecule has 0 saturated carbocycles. The molecule has 0 aliphatic heterocycles. The number of esters is 1. The number of aromatic carboxylic acids is 1. The van der Waals surface area contributed by atoms with Gasteiger partial charge in [-0.2, -0.15) is 0 Å². The highest BCUT2D eigenvalue weighted by Gasteiger charge is 2.21. The summed E-state index contributed by atoms with van der Waals surface area (Å²) in [5, 5.41) is 9.42. The summed E-state index contributed by atoms with van der Waals surface area (Å²) in [6, 6.07) is 24.0. The first-order chi connectivity index (χ1) is 13.1. The normalized spacial score (nSPS) is 10.3. The van der Waals surface area contributed by atoms with E-state index in [-0.39, 0.29) is 17.7 Å². The van der Waals surface area contributed by atoms with Crippen LogP contribution in [0.15, 0.2) is 78.9 Å². The molecule has 3 aromatic rings. The number of anilines is 3. The zero-order valence-electron chi connectivity index (χ0n) is 14.8. The predicted octanol–water partition coefficient (Wildman–Crippen LogP) is 5.03. The molecular formula is C22H19NO4. The zero-order valence-corrected chi connectivity index (χ0v) is 14.8. The van der Waals surface area contributed by atoms with E-state index in [1.165, 1.54) is 6.07 Å². The lowest BCUT2D eigenvalue weighted by atomic mass is 10.1.